The van der Waals surface area contributed by atoms with Crippen LogP contribution in [-0.4, -0.2) is 42.8 Å². The summed E-state index contributed by atoms with van der Waals surface area (Å²) in [6.45, 7) is 4.89. The number of carboxylic acid groups (broad SMARTS) is 1. The van der Waals surface area contributed by atoms with Crippen molar-refractivity contribution in [1.29, 1.82) is 0 Å². The fraction of sp³-hybridized carbons (Fsp3) is 0.324. The van der Waals surface area contributed by atoms with Crippen LogP contribution in [0.25, 0.3) is 11.1 Å². The third kappa shape index (κ3) is 11.9. The van der Waals surface area contributed by atoms with Crippen LogP contribution in [0.3, 0.4) is 0 Å². The summed E-state index contributed by atoms with van der Waals surface area (Å²) in [6.07, 6.45) is 7.26. The number of hydrogen-bond acceptors (Lipinski definition) is 7. The van der Waals surface area contributed by atoms with Crippen LogP contribution in [0.15, 0.2) is 85.5 Å². The van der Waals surface area contributed by atoms with E-state index in [0.717, 1.165) is 61.5 Å². The second-order valence-electron chi connectivity index (χ2n) is 9.65. The van der Waals surface area contributed by atoms with Crippen molar-refractivity contribution in [3.63, 3.8) is 0 Å². The van der Waals surface area contributed by atoms with Gasteiger partial charge < -0.3 is 24.1 Å². The summed E-state index contributed by atoms with van der Waals surface area (Å²) in [5.74, 6) is 0.288. The zero-order valence-corrected chi connectivity index (χ0v) is 23.8. The van der Waals surface area contributed by atoms with E-state index in [1.807, 2.05) is 36.4 Å². The van der Waals surface area contributed by atoms with E-state index in [-0.39, 0.29) is 6.42 Å². The molecule has 0 aliphatic carbocycles. The van der Waals surface area contributed by atoms with Gasteiger partial charge in [-0.15, -0.1) is 0 Å². The molecular formula is C34H38O8. The van der Waals surface area contributed by atoms with Crippen molar-refractivity contribution in [3.8, 4) is 28.4 Å². The first-order chi connectivity index (χ1) is 20.4. The first-order valence-corrected chi connectivity index (χ1v) is 14.2. The van der Waals surface area contributed by atoms with Crippen molar-refractivity contribution >= 4 is 17.9 Å². The Morgan fingerprint density at radius 3 is 1.64 bits per heavy atom. The van der Waals surface area contributed by atoms with E-state index in [9.17, 15) is 14.4 Å². The Balaban J connectivity index is 1.36. The first-order valence-electron chi connectivity index (χ1n) is 14.2. The molecule has 0 fully saturated rings. The van der Waals surface area contributed by atoms with E-state index in [4.69, 9.17) is 24.1 Å². The molecule has 3 aromatic rings. The van der Waals surface area contributed by atoms with Crippen LogP contribution in [0.1, 0.15) is 61.7 Å². The highest BCUT2D eigenvalue weighted by Crippen LogP contribution is 2.24. The van der Waals surface area contributed by atoms with Gasteiger partial charge in [0.05, 0.1) is 25.4 Å². The Morgan fingerprint density at radius 1 is 0.619 bits per heavy atom. The van der Waals surface area contributed by atoms with Crippen LogP contribution in [0, 0.1) is 0 Å². The summed E-state index contributed by atoms with van der Waals surface area (Å²) >= 11 is 0. The van der Waals surface area contributed by atoms with Gasteiger partial charge in [-0.25, -0.2) is 9.59 Å². The molecule has 0 saturated heterocycles. The molecule has 3 rings (SSSR count). The molecule has 0 heterocycles. The number of carbonyl (C=O) groups excluding carboxylic acids is 2. The van der Waals surface area contributed by atoms with Crippen LogP contribution >= 0.6 is 0 Å². The van der Waals surface area contributed by atoms with Gasteiger partial charge in [-0.1, -0.05) is 30.8 Å². The predicted octanol–water partition coefficient (Wildman–Crippen LogP) is 7.27. The topological polar surface area (TPSA) is 108 Å². The lowest BCUT2D eigenvalue weighted by atomic mass is 10.0. The summed E-state index contributed by atoms with van der Waals surface area (Å²) in [5, 5.41) is 8.67. The molecular weight excluding hydrogens is 536 g/mol. The average Bonchev–Trinajstić information content (AvgIpc) is 3.01. The van der Waals surface area contributed by atoms with Crippen LogP contribution < -0.4 is 14.2 Å². The Kier molecular flexibility index (Phi) is 13.7. The molecule has 0 bridgehead atoms. The van der Waals surface area contributed by atoms with Gasteiger partial charge >= 0.3 is 17.9 Å². The molecule has 0 aliphatic heterocycles. The number of unbranched alkanes of at least 4 members (excludes halogenated alkanes) is 5. The molecule has 0 saturated carbocycles. The zero-order valence-electron chi connectivity index (χ0n) is 23.8. The van der Waals surface area contributed by atoms with E-state index >= 15 is 0 Å². The second-order valence-corrected chi connectivity index (χ2v) is 9.65. The Bertz CT molecular complexity index is 1260. The SMILES string of the molecule is C=CC(=O)OCCCCCCOc1ccc(OC(=O)c2ccc(-c3ccc(OCCCCCC(=O)O)cc3)cc2)cc1. The van der Waals surface area contributed by atoms with Gasteiger partial charge in [0, 0.05) is 12.5 Å². The maximum atomic E-state index is 12.6. The number of carbonyl (C=O) groups is 3. The van der Waals surface area contributed by atoms with Crippen molar-refractivity contribution in [2.45, 2.75) is 51.4 Å². The monoisotopic (exact) mass is 574 g/mol. The Hall–Kier alpha value is -4.59. The molecule has 8 nitrogen and oxygen atoms in total. The highest BCUT2D eigenvalue weighted by atomic mass is 16.5. The highest BCUT2D eigenvalue weighted by Gasteiger charge is 2.10. The molecule has 8 heteroatoms. The fourth-order valence-corrected chi connectivity index (χ4v) is 4.04. The summed E-state index contributed by atoms with van der Waals surface area (Å²) < 4.78 is 21.9. The maximum absolute atomic E-state index is 12.6. The standard InChI is InChI=1S/C34H38O8/c1-2-33(37)41-25-8-4-3-7-23-40-30-19-21-31(22-20-30)42-34(38)28-13-11-26(12-14-28)27-15-17-29(18-16-27)39-24-9-5-6-10-32(35)36/h2,11-22H,1,3-10,23-25H2,(H,35,36). The number of aliphatic carboxylic acids is 1. The summed E-state index contributed by atoms with van der Waals surface area (Å²) in [7, 11) is 0. The lowest BCUT2D eigenvalue weighted by molar-refractivity contribution is -0.138. The molecule has 3 aromatic carbocycles. The number of rotatable bonds is 19. The van der Waals surface area contributed by atoms with Gasteiger partial charge in [-0.05, 0) is 105 Å². The molecule has 42 heavy (non-hydrogen) atoms. The van der Waals surface area contributed by atoms with Gasteiger partial charge in [0.1, 0.15) is 17.2 Å². The number of hydrogen-bond donors (Lipinski definition) is 1. The van der Waals surface area contributed by atoms with Crippen LogP contribution in [0.4, 0.5) is 0 Å². The van der Waals surface area contributed by atoms with Gasteiger partial charge in [-0.2, -0.15) is 0 Å². The van der Waals surface area contributed by atoms with E-state index in [1.165, 1.54) is 0 Å². The minimum Gasteiger partial charge on any atom is -0.494 e. The molecule has 0 radical (unpaired) electrons. The molecule has 0 unspecified atom stereocenters. The maximum Gasteiger partial charge on any atom is 0.343 e. The van der Waals surface area contributed by atoms with E-state index < -0.39 is 17.9 Å². The number of ether oxygens (including phenoxy) is 4. The number of esters is 2. The molecule has 0 aromatic heterocycles. The number of carboxylic acids is 1. The van der Waals surface area contributed by atoms with E-state index in [2.05, 4.69) is 6.58 Å². The zero-order chi connectivity index (χ0) is 30.0. The van der Waals surface area contributed by atoms with Crippen molar-refractivity contribution in [1.82, 2.24) is 0 Å². The molecule has 222 valence electrons. The third-order valence-corrected chi connectivity index (χ3v) is 6.36. The smallest absolute Gasteiger partial charge is 0.343 e. The van der Waals surface area contributed by atoms with Gasteiger partial charge in [-0.3, -0.25) is 4.79 Å². The highest BCUT2D eigenvalue weighted by molar-refractivity contribution is 5.91. The Morgan fingerprint density at radius 2 is 1.10 bits per heavy atom. The number of benzene rings is 3. The van der Waals surface area contributed by atoms with Gasteiger partial charge in [0.25, 0.3) is 0 Å². The van der Waals surface area contributed by atoms with E-state index in [0.29, 0.717) is 43.3 Å². The fourth-order valence-electron chi connectivity index (χ4n) is 4.04. The third-order valence-electron chi connectivity index (χ3n) is 6.36. The van der Waals surface area contributed by atoms with Crippen LogP contribution in [0.5, 0.6) is 17.2 Å². The van der Waals surface area contributed by atoms with Gasteiger partial charge in [0.2, 0.25) is 0 Å². The molecule has 0 atom stereocenters. The lowest BCUT2D eigenvalue weighted by Gasteiger charge is -2.09. The summed E-state index contributed by atoms with van der Waals surface area (Å²) in [6, 6.07) is 21.9. The molecule has 0 aliphatic rings. The van der Waals surface area contributed by atoms with Crippen molar-refractivity contribution in [2.75, 3.05) is 19.8 Å². The largest absolute Gasteiger partial charge is 0.494 e. The van der Waals surface area contributed by atoms with Crippen LogP contribution in [-0.2, 0) is 14.3 Å². The lowest BCUT2D eigenvalue weighted by Crippen LogP contribution is -2.08. The normalized spacial score (nSPS) is 10.5. The molecule has 0 amide bonds. The quantitative estimate of drug-likeness (QED) is 0.0689. The van der Waals surface area contributed by atoms with Crippen molar-refractivity contribution < 1.29 is 38.4 Å². The Labute approximate surface area is 246 Å². The van der Waals surface area contributed by atoms with Crippen molar-refractivity contribution in [2.24, 2.45) is 0 Å². The molecule has 0 spiro atoms. The molecule has 1 N–H and O–H groups in total. The second kappa shape index (κ2) is 18.0. The van der Waals surface area contributed by atoms with Crippen LogP contribution in [0.2, 0.25) is 0 Å². The summed E-state index contributed by atoms with van der Waals surface area (Å²) in [4.78, 5) is 34.2. The average molecular weight is 575 g/mol. The summed E-state index contributed by atoms with van der Waals surface area (Å²) in [5.41, 5.74) is 2.40. The first kappa shape index (κ1) is 31.9. The minimum atomic E-state index is -0.768. The predicted molar refractivity (Wildman–Crippen MR) is 160 cm³/mol. The van der Waals surface area contributed by atoms with Gasteiger partial charge in [0.15, 0.2) is 0 Å². The van der Waals surface area contributed by atoms with E-state index in [1.54, 1.807) is 36.4 Å². The minimum absolute atomic E-state index is 0.191. The van der Waals surface area contributed by atoms with Crippen molar-refractivity contribution in [3.05, 3.63) is 91.0 Å².